The summed E-state index contributed by atoms with van der Waals surface area (Å²) in [6.45, 7) is -0.354. The number of nitrogens with one attached hydrogen (secondary N) is 1. The van der Waals surface area contributed by atoms with Crippen molar-refractivity contribution in [3.8, 4) is 0 Å². The van der Waals surface area contributed by atoms with Crippen LogP contribution in [0.4, 0.5) is 29.1 Å². The summed E-state index contributed by atoms with van der Waals surface area (Å²) in [6, 6.07) is 7.94. The van der Waals surface area contributed by atoms with Gasteiger partial charge >= 0.3 is 0 Å². The van der Waals surface area contributed by atoms with E-state index in [0.717, 1.165) is 12.1 Å². The first-order valence-electron chi connectivity index (χ1n) is 10.5. The molecule has 0 spiro atoms. The van der Waals surface area contributed by atoms with E-state index in [4.69, 9.17) is 5.11 Å². The van der Waals surface area contributed by atoms with Crippen LogP contribution >= 0.6 is 0 Å². The SMILES string of the molecule is O=C(NCC(O)CO)c1c(F)ccc2c1CCN2c1cc(Cc2cc(F)c(F)c(F)c2)ccn1. The van der Waals surface area contributed by atoms with Crippen LogP contribution in [-0.4, -0.2) is 46.9 Å². The van der Waals surface area contributed by atoms with Crippen LogP contribution in [0.2, 0.25) is 0 Å². The molecule has 0 radical (unpaired) electrons. The van der Waals surface area contributed by atoms with Gasteiger partial charge in [0, 0.05) is 25.0 Å². The Bertz CT molecular complexity index is 1220. The van der Waals surface area contributed by atoms with Crippen molar-refractivity contribution < 1.29 is 32.6 Å². The number of hydrogen-bond donors (Lipinski definition) is 3. The summed E-state index contributed by atoms with van der Waals surface area (Å²) in [5.41, 5.74) is 1.84. The topological polar surface area (TPSA) is 85.7 Å². The Morgan fingerprint density at radius 3 is 2.50 bits per heavy atom. The van der Waals surface area contributed by atoms with E-state index in [0.29, 0.717) is 35.6 Å². The van der Waals surface area contributed by atoms with Crippen LogP contribution in [0.15, 0.2) is 42.6 Å². The first-order chi connectivity index (χ1) is 16.3. The van der Waals surface area contributed by atoms with Crippen molar-refractivity contribution in [2.75, 3.05) is 24.6 Å². The maximum absolute atomic E-state index is 14.5. The third-order valence-electron chi connectivity index (χ3n) is 5.59. The minimum absolute atomic E-state index is 0.134. The second kappa shape index (κ2) is 9.78. The molecule has 0 saturated heterocycles. The minimum atomic E-state index is -1.52. The van der Waals surface area contributed by atoms with Crippen molar-refractivity contribution >= 4 is 17.4 Å². The third kappa shape index (κ3) is 4.73. The largest absolute Gasteiger partial charge is 0.394 e. The molecule has 4 rings (SSSR count). The molecule has 3 N–H and O–H groups in total. The lowest BCUT2D eigenvalue weighted by atomic mass is 10.0. The Hall–Kier alpha value is -3.50. The van der Waals surface area contributed by atoms with Crippen molar-refractivity contribution in [3.63, 3.8) is 0 Å². The standard InChI is InChI=1S/C24H21F4N3O3/c25-17-1-2-20-16(22(17)24(34)30-11-15(33)12-32)4-6-31(20)21-10-13(3-5-29-21)7-14-8-18(26)23(28)19(27)9-14/h1-3,5,8-10,15,32-33H,4,6-7,11-12H2,(H,30,34). The molecule has 1 atom stereocenters. The van der Waals surface area contributed by atoms with E-state index in [9.17, 15) is 27.5 Å². The molecular formula is C24H21F4N3O3. The number of benzene rings is 2. The fraction of sp³-hybridized carbons (Fsp3) is 0.250. The number of pyridine rings is 1. The normalized spacial score (nSPS) is 13.6. The van der Waals surface area contributed by atoms with Gasteiger partial charge in [-0.15, -0.1) is 0 Å². The molecule has 10 heteroatoms. The minimum Gasteiger partial charge on any atom is -0.394 e. The fourth-order valence-electron chi connectivity index (χ4n) is 3.97. The van der Waals surface area contributed by atoms with Gasteiger partial charge in [0.15, 0.2) is 17.5 Å². The molecule has 3 aromatic rings. The summed E-state index contributed by atoms with van der Waals surface area (Å²) < 4.78 is 54.9. The molecule has 0 fully saturated rings. The first kappa shape index (κ1) is 23.7. The molecule has 34 heavy (non-hydrogen) atoms. The molecule has 1 amide bonds. The van der Waals surface area contributed by atoms with E-state index in [1.807, 2.05) is 0 Å². The van der Waals surface area contributed by atoms with Crippen molar-refractivity contribution in [2.24, 2.45) is 0 Å². The average Bonchev–Trinajstić information content (AvgIpc) is 3.24. The Balaban J connectivity index is 1.60. The lowest BCUT2D eigenvalue weighted by Gasteiger charge is -2.20. The number of carbonyl (C=O) groups is 1. The number of fused-ring (bicyclic) bond motifs is 1. The summed E-state index contributed by atoms with van der Waals surface area (Å²) in [5.74, 6) is -4.97. The molecule has 0 bridgehead atoms. The maximum Gasteiger partial charge on any atom is 0.254 e. The van der Waals surface area contributed by atoms with Crippen molar-refractivity contribution in [2.45, 2.75) is 18.9 Å². The predicted molar refractivity (Wildman–Crippen MR) is 116 cm³/mol. The monoisotopic (exact) mass is 475 g/mol. The van der Waals surface area contributed by atoms with Crippen LogP contribution in [0.1, 0.15) is 27.0 Å². The highest BCUT2D eigenvalue weighted by atomic mass is 19.2. The molecule has 1 aliphatic heterocycles. The fourth-order valence-corrected chi connectivity index (χ4v) is 3.97. The quantitative estimate of drug-likeness (QED) is 0.362. The number of nitrogens with zero attached hydrogens (tertiary/aromatic N) is 2. The zero-order chi connectivity index (χ0) is 24.4. The summed E-state index contributed by atoms with van der Waals surface area (Å²) in [4.78, 5) is 18.7. The highest BCUT2D eigenvalue weighted by Crippen LogP contribution is 2.37. The molecule has 2 aromatic carbocycles. The highest BCUT2D eigenvalue weighted by molar-refractivity contribution is 5.98. The summed E-state index contributed by atoms with van der Waals surface area (Å²) in [7, 11) is 0. The van der Waals surface area contributed by atoms with Gasteiger partial charge in [0.25, 0.3) is 5.91 Å². The number of carbonyl (C=O) groups excluding carboxylic acids is 1. The zero-order valence-corrected chi connectivity index (χ0v) is 17.9. The average molecular weight is 475 g/mol. The number of rotatable bonds is 7. The first-order valence-corrected chi connectivity index (χ1v) is 10.5. The van der Waals surface area contributed by atoms with E-state index in [2.05, 4.69) is 10.3 Å². The predicted octanol–water partition coefficient (Wildman–Crippen LogP) is 3.01. The molecule has 6 nitrogen and oxygen atoms in total. The molecule has 0 saturated carbocycles. The Morgan fingerprint density at radius 1 is 1.06 bits per heavy atom. The lowest BCUT2D eigenvalue weighted by molar-refractivity contribution is 0.0799. The second-order valence-electron chi connectivity index (χ2n) is 7.94. The molecule has 1 aliphatic rings. The number of aromatic nitrogens is 1. The summed E-state index contributed by atoms with van der Waals surface area (Å²) in [5, 5.41) is 20.8. The lowest BCUT2D eigenvalue weighted by Crippen LogP contribution is -2.34. The number of aliphatic hydroxyl groups excluding tert-OH is 2. The van der Waals surface area contributed by atoms with Gasteiger partial charge in [-0.25, -0.2) is 22.5 Å². The van der Waals surface area contributed by atoms with E-state index in [1.54, 1.807) is 17.0 Å². The van der Waals surface area contributed by atoms with Gasteiger partial charge < -0.3 is 20.4 Å². The van der Waals surface area contributed by atoms with E-state index < -0.39 is 41.9 Å². The van der Waals surface area contributed by atoms with Crippen LogP contribution < -0.4 is 10.2 Å². The van der Waals surface area contributed by atoms with Crippen molar-refractivity contribution in [1.82, 2.24) is 10.3 Å². The van der Waals surface area contributed by atoms with Crippen LogP contribution in [0.5, 0.6) is 0 Å². The number of halogens is 4. The molecular weight excluding hydrogens is 454 g/mol. The Kier molecular flexibility index (Phi) is 6.80. The van der Waals surface area contributed by atoms with Crippen molar-refractivity contribution in [1.29, 1.82) is 0 Å². The number of hydrogen-bond acceptors (Lipinski definition) is 5. The molecule has 1 unspecified atom stereocenters. The molecule has 1 aromatic heterocycles. The van der Waals surface area contributed by atoms with Gasteiger partial charge in [0.2, 0.25) is 0 Å². The summed E-state index contributed by atoms with van der Waals surface area (Å²) >= 11 is 0. The van der Waals surface area contributed by atoms with Crippen molar-refractivity contribution in [3.05, 3.63) is 88.1 Å². The van der Waals surface area contributed by atoms with Gasteiger partial charge in [0.1, 0.15) is 11.6 Å². The molecule has 178 valence electrons. The van der Waals surface area contributed by atoms with E-state index >= 15 is 0 Å². The van der Waals surface area contributed by atoms with Crippen LogP contribution in [0, 0.1) is 23.3 Å². The van der Waals surface area contributed by atoms with E-state index in [1.165, 1.54) is 18.3 Å². The molecule has 2 heterocycles. The number of anilines is 2. The van der Waals surface area contributed by atoms with Crippen LogP contribution in [0.25, 0.3) is 0 Å². The van der Waals surface area contributed by atoms with Gasteiger partial charge in [-0.05, 0) is 65.9 Å². The Morgan fingerprint density at radius 2 is 1.79 bits per heavy atom. The van der Waals surface area contributed by atoms with Gasteiger partial charge in [-0.1, -0.05) is 0 Å². The highest BCUT2D eigenvalue weighted by Gasteiger charge is 2.29. The van der Waals surface area contributed by atoms with E-state index in [-0.39, 0.29) is 24.1 Å². The zero-order valence-electron chi connectivity index (χ0n) is 17.9. The smallest absolute Gasteiger partial charge is 0.254 e. The third-order valence-corrected chi connectivity index (χ3v) is 5.59. The van der Waals surface area contributed by atoms with Gasteiger partial charge in [-0.3, -0.25) is 4.79 Å². The maximum atomic E-state index is 14.5. The second-order valence-corrected chi connectivity index (χ2v) is 7.94. The van der Waals surface area contributed by atoms with Gasteiger partial charge in [0.05, 0.1) is 18.3 Å². The number of amides is 1. The van der Waals surface area contributed by atoms with Crippen LogP contribution in [0.3, 0.4) is 0 Å². The van der Waals surface area contributed by atoms with Gasteiger partial charge in [-0.2, -0.15) is 0 Å². The Labute approximate surface area is 192 Å². The molecule has 0 aliphatic carbocycles. The number of aliphatic hydroxyl groups is 2. The van der Waals surface area contributed by atoms with Crippen LogP contribution in [-0.2, 0) is 12.8 Å². The summed E-state index contributed by atoms with van der Waals surface area (Å²) in [6.07, 6.45) is 0.856.